The molecule has 3 N–H and O–H groups in total. The molecule has 0 spiro atoms. The molecule has 0 radical (unpaired) electrons. The Morgan fingerprint density at radius 3 is 2.59 bits per heavy atom. The van der Waals surface area contributed by atoms with Crippen LogP contribution >= 0.6 is 11.3 Å². The van der Waals surface area contributed by atoms with E-state index in [9.17, 15) is 0 Å². The van der Waals surface area contributed by atoms with Gasteiger partial charge < -0.3 is 0 Å². The highest BCUT2D eigenvalue weighted by Crippen LogP contribution is 2.25. The van der Waals surface area contributed by atoms with Gasteiger partial charge in [0.25, 0.3) is 0 Å². The minimum atomic E-state index is 0.127. The zero-order valence-electron chi connectivity index (χ0n) is 10.1. The molecule has 1 unspecified atom stereocenters. The van der Waals surface area contributed by atoms with E-state index in [2.05, 4.69) is 42.5 Å². The number of hydrogen-bond acceptors (Lipinski definition) is 4. The summed E-state index contributed by atoms with van der Waals surface area (Å²) in [4.78, 5) is 4.31. The zero-order chi connectivity index (χ0) is 12.3. The van der Waals surface area contributed by atoms with Gasteiger partial charge in [0.2, 0.25) is 0 Å². The summed E-state index contributed by atoms with van der Waals surface area (Å²) in [5.74, 6) is 5.69. The van der Waals surface area contributed by atoms with Crippen LogP contribution in [0.2, 0.25) is 0 Å². The maximum atomic E-state index is 5.69. The van der Waals surface area contributed by atoms with Gasteiger partial charge in [-0.2, -0.15) is 0 Å². The molecule has 2 aromatic rings. The third-order valence-corrected chi connectivity index (χ3v) is 3.76. The fourth-order valence-corrected chi connectivity index (χ4v) is 2.81. The summed E-state index contributed by atoms with van der Waals surface area (Å²) in [7, 11) is 0. The van der Waals surface area contributed by atoms with Crippen molar-refractivity contribution in [3.63, 3.8) is 0 Å². The van der Waals surface area contributed by atoms with E-state index < -0.39 is 0 Å². The van der Waals surface area contributed by atoms with Gasteiger partial charge in [0.15, 0.2) is 0 Å². The second-order valence-corrected chi connectivity index (χ2v) is 5.13. The van der Waals surface area contributed by atoms with Crippen molar-refractivity contribution in [3.05, 3.63) is 51.5 Å². The van der Waals surface area contributed by atoms with Crippen LogP contribution in [-0.2, 0) is 6.42 Å². The Balaban J connectivity index is 2.29. The second-order valence-electron chi connectivity index (χ2n) is 4.15. The van der Waals surface area contributed by atoms with Gasteiger partial charge in [-0.1, -0.05) is 18.2 Å². The maximum Gasteiger partial charge on any atom is 0.0944 e. The molecule has 0 fully saturated rings. The number of thiazole rings is 1. The maximum absolute atomic E-state index is 5.69. The third kappa shape index (κ3) is 2.72. The lowest BCUT2D eigenvalue weighted by Gasteiger charge is -2.19. The van der Waals surface area contributed by atoms with Gasteiger partial charge in [-0.05, 0) is 30.5 Å². The Bertz CT molecular complexity index is 459. The Labute approximate surface area is 106 Å². The van der Waals surface area contributed by atoms with Crippen molar-refractivity contribution in [1.29, 1.82) is 0 Å². The van der Waals surface area contributed by atoms with Crippen LogP contribution in [0, 0.1) is 13.8 Å². The minimum absolute atomic E-state index is 0.127. The molecule has 1 aromatic carbocycles. The van der Waals surface area contributed by atoms with Crippen LogP contribution in [0.4, 0.5) is 0 Å². The van der Waals surface area contributed by atoms with Crippen LogP contribution in [0.1, 0.15) is 27.7 Å². The number of hydrogen-bond donors (Lipinski definition) is 2. The molecule has 4 heteroatoms. The minimum Gasteiger partial charge on any atom is -0.271 e. The molecule has 1 atom stereocenters. The smallest absolute Gasteiger partial charge is 0.0944 e. The normalized spacial score (nSPS) is 12.6. The Morgan fingerprint density at radius 2 is 2.06 bits per heavy atom. The van der Waals surface area contributed by atoms with Crippen LogP contribution in [0.15, 0.2) is 29.8 Å². The second kappa shape index (κ2) is 5.40. The first kappa shape index (κ1) is 12.2. The Morgan fingerprint density at radius 1 is 1.35 bits per heavy atom. The molecule has 0 amide bonds. The van der Waals surface area contributed by atoms with E-state index in [4.69, 9.17) is 5.84 Å². The summed E-state index contributed by atoms with van der Waals surface area (Å²) in [6, 6.07) is 6.44. The summed E-state index contributed by atoms with van der Waals surface area (Å²) in [5, 5.41) is 3.10. The molecule has 0 aliphatic carbocycles. The average molecular weight is 247 g/mol. The molecule has 17 heavy (non-hydrogen) atoms. The lowest BCUT2D eigenvalue weighted by Crippen LogP contribution is -2.30. The number of aromatic nitrogens is 1. The number of benzene rings is 1. The highest BCUT2D eigenvalue weighted by molar-refractivity contribution is 7.09. The molecule has 0 saturated carbocycles. The molecule has 90 valence electrons. The summed E-state index contributed by atoms with van der Waals surface area (Å²) in [5.41, 5.74) is 6.72. The number of nitrogens with one attached hydrogen (secondary N) is 1. The van der Waals surface area contributed by atoms with Crippen LogP contribution < -0.4 is 11.3 Å². The zero-order valence-corrected chi connectivity index (χ0v) is 10.9. The van der Waals surface area contributed by atoms with Gasteiger partial charge in [-0.3, -0.25) is 11.3 Å². The molecule has 0 saturated heterocycles. The van der Waals surface area contributed by atoms with Crippen molar-refractivity contribution in [3.8, 4) is 0 Å². The molecule has 2 rings (SSSR count). The number of aryl methyl sites for hydroxylation is 2. The summed E-state index contributed by atoms with van der Waals surface area (Å²) in [6.45, 7) is 4.24. The van der Waals surface area contributed by atoms with Gasteiger partial charge >= 0.3 is 0 Å². The molecule has 0 aliphatic rings. The van der Waals surface area contributed by atoms with Crippen LogP contribution in [-0.4, -0.2) is 4.98 Å². The van der Waals surface area contributed by atoms with Crippen molar-refractivity contribution in [2.45, 2.75) is 26.3 Å². The molecule has 1 heterocycles. The summed E-state index contributed by atoms with van der Waals surface area (Å²) >= 11 is 1.67. The van der Waals surface area contributed by atoms with E-state index in [1.807, 2.05) is 11.6 Å². The molecular weight excluding hydrogens is 230 g/mol. The Kier molecular flexibility index (Phi) is 3.89. The van der Waals surface area contributed by atoms with Gasteiger partial charge in [-0.25, -0.2) is 4.98 Å². The summed E-state index contributed by atoms with van der Waals surface area (Å²) in [6.07, 6.45) is 2.66. The largest absolute Gasteiger partial charge is 0.271 e. The fourth-order valence-electron chi connectivity index (χ4n) is 2.15. The highest BCUT2D eigenvalue weighted by atomic mass is 32.1. The summed E-state index contributed by atoms with van der Waals surface area (Å²) < 4.78 is 0. The van der Waals surface area contributed by atoms with E-state index in [1.165, 1.54) is 16.7 Å². The van der Waals surface area contributed by atoms with Crippen molar-refractivity contribution in [1.82, 2.24) is 10.4 Å². The average Bonchev–Trinajstić information content (AvgIpc) is 2.80. The predicted molar refractivity (Wildman–Crippen MR) is 71.8 cm³/mol. The van der Waals surface area contributed by atoms with E-state index in [-0.39, 0.29) is 6.04 Å². The molecule has 0 aliphatic heterocycles. The van der Waals surface area contributed by atoms with Crippen molar-refractivity contribution >= 4 is 11.3 Å². The first-order valence-corrected chi connectivity index (χ1v) is 6.51. The van der Waals surface area contributed by atoms with Crippen molar-refractivity contribution in [2.75, 3.05) is 0 Å². The predicted octanol–water partition coefficient (Wildman–Crippen LogP) is 2.51. The number of hydrazine groups is 1. The van der Waals surface area contributed by atoms with E-state index >= 15 is 0 Å². The molecular formula is C13H17N3S. The third-order valence-electron chi connectivity index (χ3n) is 2.95. The topological polar surface area (TPSA) is 50.9 Å². The van der Waals surface area contributed by atoms with E-state index in [1.54, 1.807) is 11.3 Å². The lowest BCUT2D eigenvalue weighted by molar-refractivity contribution is 0.545. The standard InChI is InChI=1S/C13H17N3S/c1-9-4-3-5-10(2)13(9)11(16-14)8-12-15-6-7-17-12/h3-7,11,16H,8,14H2,1-2H3. The highest BCUT2D eigenvalue weighted by Gasteiger charge is 2.16. The number of rotatable bonds is 4. The van der Waals surface area contributed by atoms with Gasteiger partial charge in [0.1, 0.15) is 0 Å². The first-order valence-electron chi connectivity index (χ1n) is 5.63. The number of nitrogens with zero attached hydrogens (tertiary/aromatic N) is 1. The van der Waals surface area contributed by atoms with E-state index in [0.717, 1.165) is 11.4 Å². The SMILES string of the molecule is Cc1cccc(C)c1C(Cc1nccs1)NN. The van der Waals surface area contributed by atoms with Gasteiger partial charge in [-0.15, -0.1) is 11.3 Å². The van der Waals surface area contributed by atoms with Crippen molar-refractivity contribution < 1.29 is 0 Å². The fraction of sp³-hybridized carbons (Fsp3) is 0.308. The van der Waals surface area contributed by atoms with Gasteiger partial charge in [0, 0.05) is 18.0 Å². The monoisotopic (exact) mass is 247 g/mol. The number of nitrogens with two attached hydrogens (primary N) is 1. The van der Waals surface area contributed by atoms with E-state index in [0.29, 0.717) is 0 Å². The van der Waals surface area contributed by atoms with Crippen molar-refractivity contribution in [2.24, 2.45) is 5.84 Å². The quantitative estimate of drug-likeness (QED) is 0.644. The van der Waals surface area contributed by atoms with Crippen LogP contribution in [0.25, 0.3) is 0 Å². The molecule has 1 aromatic heterocycles. The Hall–Kier alpha value is -1.23. The van der Waals surface area contributed by atoms with Crippen LogP contribution in [0.5, 0.6) is 0 Å². The lowest BCUT2D eigenvalue weighted by atomic mass is 9.95. The first-order chi connectivity index (χ1) is 8.22. The van der Waals surface area contributed by atoms with Crippen LogP contribution in [0.3, 0.4) is 0 Å². The molecule has 3 nitrogen and oxygen atoms in total. The van der Waals surface area contributed by atoms with Gasteiger partial charge in [0.05, 0.1) is 11.0 Å². The molecule has 0 bridgehead atoms.